The van der Waals surface area contributed by atoms with Gasteiger partial charge in [0.05, 0.1) is 26.0 Å². The summed E-state index contributed by atoms with van der Waals surface area (Å²) in [5.74, 6) is 1.51. The van der Waals surface area contributed by atoms with Gasteiger partial charge in [-0.1, -0.05) is 42.0 Å². The molecule has 0 bridgehead atoms. The molecular weight excluding hydrogens is 414 g/mol. The van der Waals surface area contributed by atoms with Crippen molar-refractivity contribution in [3.63, 3.8) is 0 Å². The Morgan fingerprint density at radius 2 is 1.48 bits per heavy atom. The van der Waals surface area contributed by atoms with Crippen molar-refractivity contribution in [3.8, 4) is 22.8 Å². The first-order valence-electron chi connectivity index (χ1n) is 10.8. The van der Waals surface area contributed by atoms with E-state index in [0.29, 0.717) is 12.2 Å². The number of ether oxygens (including phenoxy) is 2. The number of nitrogens with zero attached hydrogens (tertiary/aromatic N) is 2. The average molecular weight is 440 g/mol. The van der Waals surface area contributed by atoms with E-state index in [1.165, 1.54) is 5.56 Å². The maximum absolute atomic E-state index is 13.5. The third-order valence-electron chi connectivity index (χ3n) is 6.13. The van der Waals surface area contributed by atoms with Gasteiger partial charge in [-0.15, -0.1) is 0 Å². The summed E-state index contributed by atoms with van der Waals surface area (Å²) in [5, 5.41) is 7.56. The van der Waals surface area contributed by atoms with Crippen LogP contribution in [-0.4, -0.2) is 35.2 Å². The predicted octanol–water partition coefficient (Wildman–Crippen LogP) is 5.15. The topological polar surface area (TPSA) is 67.5 Å². The Morgan fingerprint density at radius 3 is 2.09 bits per heavy atom. The van der Waals surface area contributed by atoms with Crippen molar-refractivity contribution in [2.24, 2.45) is 0 Å². The van der Waals surface area contributed by atoms with Crippen LogP contribution in [0.2, 0.25) is 0 Å². The summed E-state index contributed by atoms with van der Waals surface area (Å²) >= 11 is 0. The molecule has 1 atom stereocenters. The van der Waals surface area contributed by atoms with Gasteiger partial charge >= 0.3 is 0 Å². The standard InChI is InChI=1S/C27H25N3O3/c1-17-4-8-20(9-5-17)26-23-24(19-10-14-22(33-3)15-11-19)28-29-25(23)27(31)30(26)16-18-6-12-21(32-2)13-7-18/h4-15,26H,16H2,1-3H3,(H,28,29). The Labute approximate surface area is 192 Å². The number of carbonyl (C=O) groups excluding carboxylic acids is 1. The molecule has 1 aliphatic heterocycles. The Morgan fingerprint density at radius 1 is 0.879 bits per heavy atom. The average Bonchev–Trinajstić information content (AvgIpc) is 3.39. The van der Waals surface area contributed by atoms with Crippen molar-refractivity contribution in [2.45, 2.75) is 19.5 Å². The molecule has 1 aliphatic rings. The largest absolute Gasteiger partial charge is 0.497 e. The fraction of sp³-hybridized carbons (Fsp3) is 0.185. The summed E-state index contributed by atoms with van der Waals surface area (Å²) in [6.07, 6.45) is 0. The number of fused-ring (bicyclic) bond motifs is 1. The van der Waals surface area contributed by atoms with Gasteiger partial charge in [-0.2, -0.15) is 5.10 Å². The zero-order valence-electron chi connectivity index (χ0n) is 18.8. The molecule has 166 valence electrons. The Kier molecular flexibility index (Phi) is 5.34. The molecule has 5 rings (SSSR count). The van der Waals surface area contributed by atoms with Gasteiger partial charge < -0.3 is 14.4 Å². The Hall–Kier alpha value is -4.06. The van der Waals surface area contributed by atoms with Crippen LogP contribution in [0.4, 0.5) is 0 Å². The highest BCUT2D eigenvalue weighted by atomic mass is 16.5. The van der Waals surface area contributed by atoms with Gasteiger partial charge in [0.1, 0.15) is 17.2 Å². The number of hydrogen-bond donors (Lipinski definition) is 1. The maximum Gasteiger partial charge on any atom is 0.273 e. The van der Waals surface area contributed by atoms with E-state index in [9.17, 15) is 4.79 Å². The number of rotatable bonds is 6. The lowest BCUT2D eigenvalue weighted by atomic mass is 9.95. The Balaban J connectivity index is 1.59. The SMILES string of the molecule is COc1ccc(CN2C(=O)c3[nH]nc(-c4ccc(OC)cc4)c3C2c2ccc(C)cc2)cc1. The van der Waals surface area contributed by atoms with Crippen LogP contribution in [0, 0.1) is 6.92 Å². The lowest BCUT2D eigenvalue weighted by Gasteiger charge is -2.26. The minimum absolute atomic E-state index is 0.0568. The van der Waals surface area contributed by atoms with Crippen LogP contribution in [0.25, 0.3) is 11.3 Å². The number of aromatic amines is 1. The van der Waals surface area contributed by atoms with Crippen LogP contribution >= 0.6 is 0 Å². The summed E-state index contributed by atoms with van der Waals surface area (Å²) in [5.41, 5.74) is 6.42. The molecule has 1 amide bonds. The molecule has 0 fully saturated rings. The molecular formula is C27H25N3O3. The highest BCUT2D eigenvalue weighted by Gasteiger charge is 2.42. The number of methoxy groups -OCH3 is 2. The van der Waals surface area contributed by atoms with E-state index in [4.69, 9.17) is 9.47 Å². The second-order valence-corrected chi connectivity index (χ2v) is 8.18. The lowest BCUT2D eigenvalue weighted by molar-refractivity contribution is 0.0730. The molecule has 6 heteroatoms. The Bertz CT molecular complexity index is 1280. The fourth-order valence-corrected chi connectivity index (χ4v) is 4.35. The summed E-state index contributed by atoms with van der Waals surface area (Å²) in [4.78, 5) is 15.4. The summed E-state index contributed by atoms with van der Waals surface area (Å²) in [6.45, 7) is 2.54. The quantitative estimate of drug-likeness (QED) is 0.451. The van der Waals surface area contributed by atoms with Gasteiger partial charge in [-0.25, -0.2) is 0 Å². The van der Waals surface area contributed by atoms with Gasteiger partial charge in [0, 0.05) is 17.7 Å². The zero-order chi connectivity index (χ0) is 22.9. The number of aryl methyl sites for hydroxylation is 1. The highest BCUT2D eigenvalue weighted by molar-refractivity contribution is 6.00. The maximum atomic E-state index is 13.5. The number of H-pyrrole nitrogens is 1. The van der Waals surface area contributed by atoms with Crippen molar-refractivity contribution in [2.75, 3.05) is 14.2 Å². The number of hydrogen-bond acceptors (Lipinski definition) is 4. The lowest BCUT2D eigenvalue weighted by Crippen LogP contribution is -2.29. The summed E-state index contributed by atoms with van der Waals surface area (Å²) in [6, 6.07) is 23.7. The van der Waals surface area contributed by atoms with Crippen molar-refractivity contribution in [3.05, 3.63) is 101 Å². The molecule has 0 radical (unpaired) electrons. The number of nitrogens with one attached hydrogen (secondary N) is 1. The normalized spacial score (nSPS) is 14.9. The molecule has 2 heterocycles. The van der Waals surface area contributed by atoms with E-state index in [0.717, 1.165) is 39.4 Å². The number of aromatic nitrogens is 2. The third-order valence-corrected chi connectivity index (χ3v) is 6.13. The fourth-order valence-electron chi connectivity index (χ4n) is 4.35. The second kappa shape index (κ2) is 8.47. The minimum atomic E-state index is -0.244. The van der Waals surface area contributed by atoms with E-state index in [2.05, 4.69) is 41.4 Å². The smallest absolute Gasteiger partial charge is 0.273 e. The van der Waals surface area contributed by atoms with Crippen molar-refractivity contribution in [1.82, 2.24) is 15.1 Å². The predicted molar refractivity (Wildman–Crippen MR) is 126 cm³/mol. The van der Waals surface area contributed by atoms with Crippen LogP contribution in [0.5, 0.6) is 11.5 Å². The van der Waals surface area contributed by atoms with Gasteiger partial charge in [0.25, 0.3) is 5.91 Å². The van der Waals surface area contributed by atoms with E-state index < -0.39 is 0 Å². The third kappa shape index (κ3) is 3.74. The zero-order valence-corrected chi connectivity index (χ0v) is 18.8. The molecule has 33 heavy (non-hydrogen) atoms. The van der Waals surface area contributed by atoms with Gasteiger partial charge in [0.2, 0.25) is 0 Å². The molecule has 0 spiro atoms. The first kappa shape index (κ1) is 20.8. The first-order chi connectivity index (χ1) is 16.1. The van der Waals surface area contributed by atoms with E-state index in [1.54, 1.807) is 14.2 Å². The molecule has 0 aliphatic carbocycles. The monoisotopic (exact) mass is 439 g/mol. The molecule has 4 aromatic rings. The van der Waals surface area contributed by atoms with Gasteiger partial charge in [0.15, 0.2) is 0 Å². The van der Waals surface area contributed by atoms with Crippen molar-refractivity contribution < 1.29 is 14.3 Å². The number of amides is 1. The summed E-state index contributed by atoms with van der Waals surface area (Å²) < 4.78 is 10.6. The number of carbonyl (C=O) groups is 1. The van der Waals surface area contributed by atoms with Crippen LogP contribution in [-0.2, 0) is 6.54 Å². The van der Waals surface area contributed by atoms with E-state index >= 15 is 0 Å². The van der Waals surface area contributed by atoms with Crippen molar-refractivity contribution >= 4 is 5.91 Å². The molecule has 1 N–H and O–H groups in total. The first-order valence-corrected chi connectivity index (χ1v) is 10.8. The molecule has 6 nitrogen and oxygen atoms in total. The molecule has 0 saturated carbocycles. The molecule has 0 saturated heterocycles. The highest BCUT2D eigenvalue weighted by Crippen LogP contribution is 2.43. The van der Waals surface area contributed by atoms with E-state index in [-0.39, 0.29) is 11.9 Å². The number of benzene rings is 3. The minimum Gasteiger partial charge on any atom is -0.497 e. The van der Waals surface area contributed by atoms with Crippen LogP contribution < -0.4 is 9.47 Å². The second-order valence-electron chi connectivity index (χ2n) is 8.18. The molecule has 1 unspecified atom stereocenters. The molecule has 3 aromatic carbocycles. The molecule has 1 aromatic heterocycles. The van der Waals surface area contributed by atoms with Gasteiger partial charge in [-0.3, -0.25) is 9.89 Å². The van der Waals surface area contributed by atoms with Crippen LogP contribution in [0.3, 0.4) is 0 Å². The van der Waals surface area contributed by atoms with E-state index in [1.807, 2.05) is 53.4 Å². The van der Waals surface area contributed by atoms with Crippen LogP contribution in [0.1, 0.15) is 38.8 Å². The van der Waals surface area contributed by atoms with Gasteiger partial charge in [-0.05, 0) is 54.4 Å². The van der Waals surface area contributed by atoms with Crippen LogP contribution in [0.15, 0.2) is 72.8 Å². The summed E-state index contributed by atoms with van der Waals surface area (Å²) in [7, 11) is 3.29. The van der Waals surface area contributed by atoms with Crippen molar-refractivity contribution in [1.29, 1.82) is 0 Å².